The number of aromatic amines is 1. The number of fused-ring (bicyclic) bond motifs is 1. The second kappa shape index (κ2) is 8.14. The first kappa shape index (κ1) is 20.8. The van der Waals surface area contributed by atoms with Gasteiger partial charge in [0.2, 0.25) is 5.91 Å². The molecule has 1 saturated heterocycles. The van der Waals surface area contributed by atoms with Gasteiger partial charge in [0.05, 0.1) is 18.0 Å². The molecular weight excluding hydrogens is 413 g/mol. The number of hydrogen-bond acceptors (Lipinski definition) is 6. The summed E-state index contributed by atoms with van der Waals surface area (Å²) in [6, 6.07) is 6.52. The van der Waals surface area contributed by atoms with Gasteiger partial charge in [0.25, 0.3) is 0 Å². The van der Waals surface area contributed by atoms with Crippen LogP contribution in [0.1, 0.15) is 30.9 Å². The van der Waals surface area contributed by atoms with Gasteiger partial charge in [-0.05, 0) is 48.4 Å². The van der Waals surface area contributed by atoms with E-state index in [1.165, 1.54) is 24.3 Å². The molecule has 2 aliphatic rings. The number of amides is 1. The van der Waals surface area contributed by atoms with Gasteiger partial charge in [0.1, 0.15) is 29.7 Å². The van der Waals surface area contributed by atoms with Crippen LogP contribution in [0.3, 0.4) is 0 Å². The second-order valence-electron chi connectivity index (χ2n) is 8.86. The minimum absolute atomic E-state index is 0.128. The molecule has 8 nitrogen and oxygen atoms in total. The number of carbonyl (C=O) groups excluding carboxylic acids is 1. The molecule has 1 aliphatic carbocycles. The molecule has 1 aliphatic heterocycles. The summed E-state index contributed by atoms with van der Waals surface area (Å²) in [7, 11) is 0. The Kier molecular flexibility index (Phi) is 5.30. The highest BCUT2D eigenvalue weighted by Crippen LogP contribution is 2.56. The van der Waals surface area contributed by atoms with Crippen molar-refractivity contribution < 1.29 is 19.4 Å². The summed E-state index contributed by atoms with van der Waals surface area (Å²) >= 11 is 0. The Bertz CT molecular complexity index is 1110. The van der Waals surface area contributed by atoms with E-state index in [1.54, 1.807) is 6.33 Å². The fourth-order valence-electron chi connectivity index (χ4n) is 4.93. The fourth-order valence-corrected chi connectivity index (χ4v) is 4.93. The number of nitrogens with one attached hydrogen (secondary N) is 2. The Morgan fingerprint density at radius 2 is 2.06 bits per heavy atom. The predicted octanol–water partition coefficient (Wildman–Crippen LogP) is 1.91. The first-order valence-corrected chi connectivity index (χ1v) is 10.9. The Hall–Kier alpha value is -3.04. The Morgan fingerprint density at radius 3 is 2.78 bits per heavy atom. The first-order valence-electron chi connectivity index (χ1n) is 10.9. The van der Waals surface area contributed by atoms with Crippen LogP contribution in [0.5, 0.6) is 0 Å². The lowest BCUT2D eigenvalue weighted by atomic mass is 9.81. The van der Waals surface area contributed by atoms with Crippen molar-refractivity contribution in [3.8, 4) is 0 Å². The molecule has 2 aromatic heterocycles. The summed E-state index contributed by atoms with van der Waals surface area (Å²) in [4.78, 5) is 27.3. The number of anilines is 1. The first-order chi connectivity index (χ1) is 15.5. The molecule has 3 heterocycles. The molecule has 3 atom stereocenters. The fraction of sp³-hybridized carbons (Fsp3) is 0.435. The van der Waals surface area contributed by atoms with Gasteiger partial charge in [-0.25, -0.2) is 14.4 Å². The zero-order chi connectivity index (χ0) is 22.3. The molecule has 1 spiro atoms. The lowest BCUT2D eigenvalue weighted by Gasteiger charge is -2.39. The summed E-state index contributed by atoms with van der Waals surface area (Å²) in [6.07, 6.45) is 4.84. The summed E-state index contributed by atoms with van der Waals surface area (Å²) in [6.45, 7) is 0.997. The maximum absolute atomic E-state index is 13.2. The van der Waals surface area contributed by atoms with Gasteiger partial charge in [-0.15, -0.1) is 0 Å². The van der Waals surface area contributed by atoms with Crippen LogP contribution in [0, 0.1) is 17.2 Å². The number of aromatic nitrogens is 3. The van der Waals surface area contributed by atoms with E-state index in [2.05, 4.69) is 25.2 Å². The topological polar surface area (TPSA) is 114 Å². The number of halogens is 1. The van der Waals surface area contributed by atoms with E-state index in [0.717, 1.165) is 36.2 Å². The summed E-state index contributed by atoms with van der Waals surface area (Å²) in [5.41, 5.74) is 1.11. The van der Waals surface area contributed by atoms with E-state index in [1.807, 2.05) is 12.3 Å². The van der Waals surface area contributed by atoms with E-state index in [9.17, 15) is 19.4 Å². The minimum Gasteiger partial charge on any atom is -0.394 e. The maximum atomic E-state index is 13.2. The number of rotatable bonds is 6. The van der Waals surface area contributed by atoms with Crippen molar-refractivity contribution in [1.29, 1.82) is 0 Å². The van der Waals surface area contributed by atoms with E-state index in [-0.39, 0.29) is 17.2 Å². The van der Waals surface area contributed by atoms with Crippen LogP contribution >= 0.6 is 0 Å². The highest BCUT2D eigenvalue weighted by Gasteiger charge is 2.55. The molecule has 1 saturated carbocycles. The van der Waals surface area contributed by atoms with Crippen LogP contribution in [0.4, 0.5) is 10.2 Å². The second-order valence-corrected chi connectivity index (χ2v) is 8.86. The lowest BCUT2D eigenvalue weighted by molar-refractivity contribution is -0.130. The van der Waals surface area contributed by atoms with Gasteiger partial charge in [-0.1, -0.05) is 12.1 Å². The number of benzene rings is 1. The average molecular weight is 439 g/mol. The number of aliphatic hydroxyl groups is 2. The minimum atomic E-state index is -1.12. The van der Waals surface area contributed by atoms with Crippen molar-refractivity contribution in [1.82, 2.24) is 20.3 Å². The third-order valence-electron chi connectivity index (χ3n) is 6.89. The Morgan fingerprint density at radius 1 is 1.28 bits per heavy atom. The zero-order valence-electron chi connectivity index (χ0n) is 17.5. The molecule has 4 N–H and O–H groups in total. The molecule has 0 bridgehead atoms. The van der Waals surface area contributed by atoms with Gasteiger partial charge >= 0.3 is 0 Å². The van der Waals surface area contributed by atoms with Gasteiger partial charge in [0, 0.05) is 25.2 Å². The van der Waals surface area contributed by atoms with E-state index in [0.29, 0.717) is 18.5 Å². The van der Waals surface area contributed by atoms with E-state index < -0.39 is 24.6 Å². The molecule has 1 aromatic carbocycles. The predicted molar refractivity (Wildman–Crippen MR) is 116 cm³/mol. The summed E-state index contributed by atoms with van der Waals surface area (Å²) < 4.78 is 13.2. The molecule has 32 heavy (non-hydrogen) atoms. The van der Waals surface area contributed by atoms with Crippen molar-refractivity contribution in [2.75, 3.05) is 24.6 Å². The SMILES string of the molecule is O=C(N[C@H](CO)[C@H](O)c1ccc(F)cc1)C1CCN(c2ncnc3[nH]ccc23)CC12CC2. The highest BCUT2D eigenvalue weighted by molar-refractivity contribution is 5.88. The third kappa shape index (κ3) is 3.71. The van der Waals surface area contributed by atoms with Crippen LogP contribution < -0.4 is 10.2 Å². The number of H-pyrrole nitrogens is 1. The van der Waals surface area contributed by atoms with Crippen molar-refractivity contribution >= 4 is 22.8 Å². The van der Waals surface area contributed by atoms with Crippen molar-refractivity contribution in [2.45, 2.75) is 31.4 Å². The van der Waals surface area contributed by atoms with Gasteiger partial charge in [0.15, 0.2) is 0 Å². The number of aliphatic hydroxyl groups excluding tert-OH is 2. The zero-order valence-corrected chi connectivity index (χ0v) is 17.5. The number of nitrogens with zero attached hydrogens (tertiary/aromatic N) is 3. The van der Waals surface area contributed by atoms with Crippen LogP contribution in [0.15, 0.2) is 42.9 Å². The van der Waals surface area contributed by atoms with Crippen molar-refractivity contribution in [3.05, 3.63) is 54.2 Å². The molecule has 9 heteroatoms. The molecule has 1 amide bonds. The number of carbonyl (C=O) groups is 1. The third-order valence-corrected chi connectivity index (χ3v) is 6.89. The van der Waals surface area contributed by atoms with Crippen molar-refractivity contribution in [3.63, 3.8) is 0 Å². The summed E-state index contributed by atoms with van der Waals surface area (Å²) in [5, 5.41) is 24.2. The molecule has 168 valence electrons. The highest BCUT2D eigenvalue weighted by atomic mass is 19.1. The largest absolute Gasteiger partial charge is 0.394 e. The number of hydrogen-bond donors (Lipinski definition) is 4. The summed E-state index contributed by atoms with van der Waals surface area (Å²) in [5.74, 6) is 0.114. The van der Waals surface area contributed by atoms with E-state index >= 15 is 0 Å². The van der Waals surface area contributed by atoms with Crippen LogP contribution in [-0.4, -0.2) is 56.8 Å². The maximum Gasteiger partial charge on any atom is 0.224 e. The average Bonchev–Trinajstić information content (AvgIpc) is 3.38. The quantitative estimate of drug-likeness (QED) is 0.467. The molecule has 0 radical (unpaired) electrons. The van der Waals surface area contributed by atoms with Crippen molar-refractivity contribution in [2.24, 2.45) is 11.3 Å². The molecule has 2 fully saturated rings. The Balaban J connectivity index is 1.29. The lowest BCUT2D eigenvalue weighted by Crippen LogP contribution is -2.51. The smallest absolute Gasteiger partial charge is 0.224 e. The normalized spacial score (nSPS) is 21.5. The monoisotopic (exact) mass is 439 g/mol. The van der Waals surface area contributed by atoms with Gasteiger partial charge in [-0.2, -0.15) is 0 Å². The van der Waals surface area contributed by atoms with E-state index in [4.69, 9.17) is 0 Å². The Labute approximate surface area is 184 Å². The molecule has 5 rings (SSSR count). The van der Waals surface area contributed by atoms with Gasteiger partial charge < -0.3 is 25.4 Å². The standard InChI is InChI=1S/C23H26FN5O3/c24-15-3-1-14(2-4-15)19(31)18(11-30)28-22(32)17-6-10-29(12-23(17)7-8-23)21-16-5-9-25-20(16)26-13-27-21/h1-5,9,13,17-19,30-31H,6-8,10-12H2,(H,28,32)(H,25,26,27)/t17?,18-,19-/m1/s1. The van der Waals surface area contributed by atoms with Crippen LogP contribution in [0.25, 0.3) is 11.0 Å². The molecule has 3 aromatic rings. The molecule has 1 unspecified atom stereocenters. The van der Waals surface area contributed by atoms with Crippen LogP contribution in [-0.2, 0) is 4.79 Å². The van der Waals surface area contributed by atoms with Gasteiger partial charge in [-0.3, -0.25) is 4.79 Å². The molecular formula is C23H26FN5O3. The number of piperidine rings is 1. The van der Waals surface area contributed by atoms with Crippen LogP contribution in [0.2, 0.25) is 0 Å².